The molecule has 0 aliphatic rings. The van der Waals surface area contributed by atoms with Gasteiger partial charge in [-0.05, 0) is 68.1 Å². The average Bonchev–Trinajstić information content (AvgIpc) is 3.57. The highest BCUT2D eigenvalue weighted by atomic mass is 16.3. The van der Waals surface area contributed by atoms with Crippen molar-refractivity contribution >= 4 is 43.5 Å². The Hall–Kier alpha value is -6.91. The van der Waals surface area contributed by atoms with Crippen LogP contribution in [0, 0.1) is 0 Å². The van der Waals surface area contributed by atoms with Gasteiger partial charge in [-0.1, -0.05) is 152 Å². The molecule has 0 aliphatic heterocycles. The lowest BCUT2D eigenvalue weighted by Crippen LogP contribution is -2.00. The van der Waals surface area contributed by atoms with E-state index in [4.69, 9.17) is 19.4 Å². The Balaban J connectivity index is 1.16. The molecule has 4 nitrogen and oxygen atoms in total. The molecule has 0 unspecified atom stereocenters. The highest BCUT2D eigenvalue weighted by molar-refractivity contribution is 6.12. The van der Waals surface area contributed by atoms with Gasteiger partial charge in [0.2, 0.25) is 0 Å². The van der Waals surface area contributed by atoms with Gasteiger partial charge in [0.15, 0.2) is 17.5 Å². The molecule has 0 saturated carbocycles. The Morgan fingerprint density at radius 2 is 0.882 bits per heavy atom. The van der Waals surface area contributed by atoms with Crippen molar-refractivity contribution in [1.29, 1.82) is 0 Å². The van der Waals surface area contributed by atoms with Crippen LogP contribution < -0.4 is 0 Å². The molecule has 2 heterocycles. The van der Waals surface area contributed by atoms with Crippen LogP contribution in [0.25, 0.3) is 99.9 Å². The molecule has 0 aliphatic carbocycles. The van der Waals surface area contributed by atoms with Crippen molar-refractivity contribution in [3.63, 3.8) is 0 Å². The molecule has 0 fully saturated rings. The third-order valence-electron chi connectivity index (χ3n) is 9.73. The number of hydrogen-bond acceptors (Lipinski definition) is 4. The van der Waals surface area contributed by atoms with E-state index in [2.05, 4.69) is 146 Å². The topological polar surface area (TPSA) is 51.8 Å². The minimum absolute atomic E-state index is 0.612. The van der Waals surface area contributed by atoms with Gasteiger partial charge in [-0.25, -0.2) is 15.0 Å². The van der Waals surface area contributed by atoms with Crippen LogP contribution in [-0.2, 0) is 0 Å². The van der Waals surface area contributed by atoms with E-state index in [0.717, 1.165) is 60.4 Å². The van der Waals surface area contributed by atoms with Crippen molar-refractivity contribution in [2.45, 2.75) is 0 Å². The van der Waals surface area contributed by atoms with Gasteiger partial charge in [-0.3, -0.25) is 0 Å². The number of aromatic nitrogens is 3. The fourth-order valence-electron chi connectivity index (χ4n) is 7.18. The number of nitrogens with zero attached hydrogens (tertiary/aromatic N) is 3. The predicted octanol–water partition coefficient (Wildman–Crippen LogP) is 12.4. The van der Waals surface area contributed by atoms with Crippen LogP contribution in [0.4, 0.5) is 0 Å². The summed E-state index contributed by atoms with van der Waals surface area (Å²) < 4.78 is 6.31. The van der Waals surface area contributed by atoms with E-state index in [1.54, 1.807) is 0 Å². The van der Waals surface area contributed by atoms with Gasteiger partial charge < -0.3 is 4.42 Å². The van der Waals surface area contributed by atoms with Crippen molar-refractivity contribution in [2.24, 2.45) is 0 Å². The molecule has 10 aromatic rings. The summed E-state index contributed by atoms with van der Waals surface area (Å²) in [7, 11) is 0. The van der Waals surface area contributed by atoms with Crippen LogP contribution in [0.2, 0.25) is 0 Å². The van der Waals surface area contributed by atoms with Crippen molar-refractivity contribution in [3.8, 4) is 56.4 Å². The first-order chi connectivity index (χ1) is 25.2. The van der Waals surface area contributed by atoms with E-state index >= 15 is 0 Å². The largest absolute Gasteiger partial charge is 0.456 e. The number of fused-ring (bicyclic) bond motifs is 5. The molecule has 238 valence electrons. The lowest BCUT2D eigenvalue weighted by atomic mass is 9.97. The standard InChI is InChI=1S/C47H29N3O/c1-3-11-30(12-4-1)31-21-23-33(24-22-31)45-48-46(36-25-26-38-34(27-36)15-9-18-37(38)32-13-5-2-6-14-32)50-47(49-45)40-19-10-16-35-28-42-39-17-7-8-20-43(39)51-44(42)29-41(35)40/h1-29H. The molecule has 0 radical (unpaired) electrons. The van der Waals surface area contributed by atoms with Gasteiger partial charge in [-0.15, -0.1) is 0 Å². The molecular formula is C47H29N3O. The number of para-hydroxylation sites is 1. The second-order valence-electron chi connectivity index (χ2n) is 12.8. The minimum atomic E-state index is 0.612. The number of rotatable bonds is 5. The SMILES string of the molecule is c1ccc(-c2ccc(-c3nc(-c4ccc5c(-c6ccccc6)cccc5c4)nc(-c4cccc5cc6c(cc45)oc4ccccc46)n3)cc2)cc1. The quantitative estimate of drug-likeness (QED) is 0.186. The van der Waals surface area contributed by atoms with Crippen molar-refractivity contribution in [1.82, 2.24) is 15.0 Å². The number of furan rings is 1. The summed E-state index contributed by atoms with van der Waals surface area (Å²) in [5, 5.41) is 6.63. The molecule has 0 bridgehead atoms. The number of benzene rings is 8. The van der Waals surface area contributed by atoms with E-state index in [9.17, 15) is 0 Å². The summed E-state index contributed by atoms with van der Waals surface area (Å²) in [6, 6.07) is 61.1. The summed E-state index contributed by atoms with van der Waals surface area (Å²) in [6.07, 6.45) is 0. The van der Waals surface area contributed by atoms with Crippen LogP contribution in [-0.4, -0.2) is 15.0 Å². The molecule has 0 N–H and O–H groups in total. The van der Waals surface area contributed by atoms with E-state index < -0.39 is 0 Å². The van der Waals surface area contributed by atoms with Crippen LogP contribution in [0.1, 0.15) is 0 Å². The highest BCUT2D eigenvalue weighted by Gasteiger charge is 2.17. The maximum atomic E-state index is 6.31. The van der Waals surface area contributed by atoms with Gasteiger partial charge in [0, 0.05) is 27.5 Å². The zero-order valence-electron chi connectivity index (χ0n) is 27.5. The molecule has 10 rings (SSSR count). The lowest BCUT2D eigenvalue weighted by molar-refractivity contribution is 0.669. The van der Waals surface area contributed by atoms with Gasteiger partial charge in [0.05, 0.1) is 0 Å². The predicted molar refractivity (Wildman–Crippen MR) is 209 cm³/mol. The van der Waals surface area contributed by atoms with E-state index in [0.29, 0.717) is 17.5 Å². The van der Waals surface area contributed by atoms with Gasteiger partial charge in [-0.2, -0.15) is 0 Å². The van der Waals surface area contributed by atoms with Gasteiger partial charge >= 0.3 is 0 Å². The van der Waals surface area contributed by atoms with Crippen molar-refractivity contribution in [2.75, 3.05) is 0 Å². The fraction of sp³-hybridized carbons (Fsp3) is 0. The molecule has 0 amide bonds. The third-order valence-corrected chi connectivity index (χ3v) is 9.73. The van der Waals surface area contributed by atoms with Gasteiger partial charge in [0.1, 0.15) is 11.2 Å². The normalized spacial score (nSPS) is 11.5. The summed E-state index contributed by atoms with van der Waals surface area (Å²) in [5.41, 5.74) is 9.18. The third kappa shape index (κ3) is 5.13. The summed E-state index contributed by atoms with van der Waals surface area (Å²) in [6.45, 7) is 0. The Labute approximate surface area is 294 Å². The first-order valence-electron chi connectivity index (χ1n) is 17.1. The smallest absolute Gasteiger partial charge is 0.164 e. The van der Waals surface area contributed by atoms with E-state index in [-0.39, 0.29) is 0 Å². The molecule has 51 heavy (non-hydrogen) atoms. The highest BCUT2D eigenvalue weighted by Crippen LogP contribution is 2.37. The Morgan fingerprint density at radius 1 is 0.294 bits per heavy atom. The minimum Gasteiger partial charge on any atom is -0.456 e. The second kappa shape index (κ2) is 11.9. The van der Waals surface area contributed by atoms with E-state index in [1.807, 2.05) is 30.3 Å². The molecule has 0 spiro atoms. The van der Waals surface area contributed by atoms with E-state index in [1.165, 1.54) is 22.1 Å². The summed E-state index contributed by atoms with van der Waals surface area (Å²) in [5.74, 6) is 1.85. The number of hydrogen-bond donors (Lipinski definition) is 0. The average molecular weight is 652 g/mol. The van der Waals surface area contributed by atoms with Crippen LogP contribution in [0.15, 0.2) is 180 Å². The Morgan fingerprint density at radius 3 is 1.67 bits per heavy atom. The van der Waals surface area contributed by atoms with Gasteiger partial charge in [0.25, 0.3) is 0 Å². The van der Waals surface area contributed by atoms with Crippen LogP contribution >= 0.6 is 0 Å². The Bertz CT molecular complexity index is 2900. The second-order valence-corrected chi connectivity index (χ2v) is 12.8. The maximum absolute atomic E-state index is 6.31. The Kier molecular flexibility index (Phi) is 6.78. The van der Waals surface area contributed by atoms with Crippen molar-refractivity contribution in [3.05, 3.63) is 176 Å². The molecule has 0 saturated heterocycles. The van der Waals surface area contributed by atoms with Crippen molar-refractivity contribution < 1.29 is 4.42 Å². The summed E-state index contributed by atoms with van der Waals surface area (Å²) in [4.78, 5) is 15.4. The van der Waals surface area contributed by atoms with Crippen LogP contribution in [0.5, 0.6) is 0 Å². The van der Waals surface area contributed by atoms with Crippen LogP contribution in [0.3, 0.4) is 0 Å². The molecule has 2 aromatic heterocycles. The lowest BCUT2D eigenvalue weighted by Gasteiger charge is -2.12. The first-order valence-corrected chi connectivity index (χ1v) is 17.1. The monoisotopic (exact) mass is 651 g/mol. The molecule has 4 heteroatoms. The maximum Gasteiger partial charge on any atom is 0.164 e. The first kappa shape index (κ1) is 29.0. The molecule has 0 atom stereocenters. The zero-order valence-corrected chi connectivity index (χ0v) is 27.5. The molecule has 8 aromatic carbocycles. The molecular weight excluding hydrogens is 623 g/mol. The fourth-order valence-corrected chi connectivity index (χ4v) is 7.18. The zero-order chi connectivity index (χ0) is 33.7. The summed E-state index contributed by atoms with van der Waals surface area (Å²) >= 11 is 0.